The number of halogens is 4. The third-order valence-electron chi connectivity index (χ3n) is 2.90. The molecular formula is C12H17BF4NO-. The van der Waals surface area contributed by atoms with Crippen LogP contribution in [0.1, 0.15) is 13.8 Å². The molecule has 7 heteroatoms. The highest BCUT2D eigenvalue weighted by atomic mass is 19.4. The predicted octanol–water partition coefficient (Wildman–Crippen LogP) is 2.60. The number of benzene rings is 1. The highest BCUT2D eigenvalue weighted by molar-refractivity contribution is 6.73. The molecule has 0 aliphatic heterocycles. The first-order chi connectivity index (χ1) is 8.88. The van der Waals surface area contributed by atoms with E-state index in [0.29, 0.717) is 13.2 Å². The molecule has 0 saturated heterocycles. The molecule has 0 aliphatic rings. The van der Waals surface area contributed by atoms with Gasteiger partial charge in [0.1, 0.15) is 12.4 Å². The van der Waals surface area contributed by atoms with Crippen LogP contribution in [0, 0.1) is 5.82 Å². The lowest BCUT2D eigenvalue weighted by Gasteiger charge is -2.19. The zero-order valence-electron chi connectivity index (χ0n) is 11.0. The van der Waals surface area contributed by atoms with Crippen molar-refractivity contribution in [2.24, 2.45) is 0 Å². The Hall–Kier alpha value is -1.24. The van der Waals surface area contributed by atoms with E-state index in [1.165, 1.54) is 0 Å². The lowest BCUT2D eigenvalue weighted by Crippen LogP contribution is -2.36. The van der Waals surface area contributed by atoms with E-state index in [2.05, 4.69) is 4.90 Å². The van der Waals surface area contributed by atoms with Gasteiger partial charge in [-0.25, -0.2) is 4.39 Å². The second-order valence-electron chi connectivity index (χ2n) is 4.13. The van der Waals surface area contributed by atoms with Gasteiger partial charge in [0.15, 0.2) is 0 Å². The van der Waals surface area contributed by atoms with E-state index in [0.717, 1.165) is 31.3 Å². The van der Waals surface area contributed by atoms with Gasteiger partial charge in [-0.1, -0.05) is 25.4 Å². The standard InChI is InChI=1S/C12H17BF4NO/c1-3-18(4-2)7-8-19-10-5-6-11(12(14)9-10)13(15,16)17/h5-6,9H,3-4,7-8H2,1-2H3/q-1. The first-order valence-electron chi connectivity index (χ1n) is 6.23. The van der Waals surface area contributed by atoms with Crippen molar-refractivity contribution in [1.82, 2.24) is 4.90 Å². The van der Waals surface area contributed by atoms with E-state index in [4.69, 9.17) is 4.74 Å². The molecule has 0 atom stereocenters. The molecule has 0 unspecified atom stereocenters. The SMILES string of the molecule is CCN(CC)CCOc1ccc([B-](F)(F)F)c(F)c1. The normalized spacial score (nSPS) is 11.9. The summed E-state index contributed by atoms with van der Waals surface area (Å²) in [5, 5.41) is 0. The summed E-state index contributed by atoms with van der Waals surface area (Å²) in [5.74, 6) is -1.17. The van der Waals surface area contributed by atoms with E-state index in [1.54, 1.807) is 0 Å². The van der Waals surface area contributed by atoms with E-state index >= 15 is 0 Å². The Labute approximate surface area is 110 Å². The molecule has 0 heterocycles. The van der Waals surface area contributed by atoms with Crippen molar-refractivity contribution in [3.8, 4) is 5.75 Å². The van der Waals surface area contributed by atoms with E-state index < -0.39 is 18.3 Å². The molecule has 0 aliphatic carbocycles. The minimum absolute atomic E-state index is 0.119. The Balaban J connectivity index is 2.60. The first kappa shape index (κ1) is 15.8. The molecule has 1 aromatic rings. The van der Waals surface area contributed by atoms with Crippen molar-refractivity contribution in [3.63, 3.8) is 0 Å². The average molecular weight is 278 g/mol. The molecule has 1 aromatic carbocycles. The zero-order chi connectivity index (χ0) is 14.5. The van der Waals surface area contributed by atoms with Crippen LogP contribution in [0.4, 0.5) is 17.3 Å². The van der Waals surface area contributed by atoms with E-state index in [1.807, 2.05) is 13.8 Å². The van der Waals surface area contributed by atoms with Crippen LogP contribution in [-0.4, -0.2) is 38.1 Å². The highest BCUT2D eigenvalue weighted by Crippen LogP contribution is 2.16. The molecule has 0 spiro atoms. The molecule has 0 bridgehead atoms. The second-order valence-corrected chi connectivity index (χ2v) is 4.13. The Bertz CT molecular complexity index is 407. The third-order valence-corrected chi connectivity index (χ3v) is 2.90. The summed E-state index contributed by atoms with van der Waals surface area (Å²) in [6.07, 6.45) is 0. The van der Waals surface area contributed by atoms with E-state index in [-0.39, 0.29) is 5.75 Å². The van der Waals surface area contributed by atoms with Crippen LogP contribution in [-0.2, 0) is 0 Å². The number of hydrogen-bond acceptors (Lipinski definition) is 2. The van der Waals surface area contributed by atoms with Gasteiger partial charge in [-0.2, -0.15) is 0 Å². The summed E-state index contributed by atoms with van der Waals surface area (Å²) in [5.41, 5.74) is -1.21. The molecule has 0 radical (unpaired) electrons. The monoisotopic (exact) mass is 278 g/mol. The molecule has 108 valence electrons. The molecular weight excluding hydrogens is 261 g/mol. The summed E-state index contributed by atoms with van der Waals surface area (Å²) >= 11 is 0. The van der Waals surface area contributed by atoms with Crippen molar-refractivity contribution in [2.75, 3.05) is 26.2 Å². The van der Waals surface area contributed by atoms with Gasteiger partial charge in [0, 0.05) is 12.6 Å². The van der Waals surface area contributed by atoms with Gasteiger partial charge in [0.2, 0.25) is 0 Å². The van der Waals surface area contributed by atoms with Gasteiger partial charge in [-0.3, -0.25) is 0 Å². The fraction of sp³-hybridized carbons (Fsp3) is 0.500. The fourth-order valence-corrected chi connectivity index (χ4v) is 1.70. The van der Waals surface area contributed by atoms with Crippen LogP contribution in [0.2, 0.25) is 0 Å². The Morgan fingerprint density at radius 1 is 1.16 bits per heavy atom. The lowest BCUT2D eigenvalue weighted by atomic mass is 9.80. The maximum atomic E-state index is 13.3. The van der Waals surface area contributed by atoms with Crippen LogP contribution in [0.25, 0.3) is 0 Å². The number of nitrogens with zero attached hydrogens (tertiary/aromatic N) is 1. The summed E-state index contributed by atoms with van der Waals surface area (Å²) in [6, 6.07) is 2.66. The van der Waals surface area contributed by atoms with Crippen LogP contribution in [0.5, 0.6) is 5.75 Å². The molecule has 1 rings (SSSR count). The molecule has 0 fully saturated rings. The van der Waals surface area contributed by atoms with Gasteiger partial charge >= 0.3 is 6.98 Å². The molecule has 0 amide bonds. The Kier molecular flexibility index (Phi) is 5.66. The van der Waals surface area contributed by atoms with Gasteiger partial charge < -0.3 is 22.6 Å². The summed E-state index contributed by atoms with van der Waals surface area (Å²) < 4.78 is 55.7. The van der Waals surface area contributed by atoms with Gasteiger partial charge in [-0.05, 0) is 19.2 Å². The predicted molar refractivity (Wildman–Crippen MR) is 68.4 cm³/mol. The average Bonchev–Trinajstić information content (AvgIpc) is 2.33. The Morgan fingerprint density at radius 3 is 2.26 bits per heavy atom. The van der Waals surface area contributed by atoms with Crippen LogP contribution in [0.3, 0.4) is 0 Å². The second kappa shape index (κ2) is 6.79. The number of rotatable bonds is 7. The molecule has 0 saturated carbocycles. The maximum absolute atomic E-state index is 13.3. The smallest absolute Gasteiger partial charge is 0.492 e. The van der Waals surface area contributed by atoms with Crippen molar-refractivity contribution in [3.05, 3.63) is 24.0 Å². The summed E-state index contributed by atoms with van der Waals surface area (Å²) in [7, 11) is 0. The Morgan fingerprint density at radius 2 is 1.79 bits per heavy atom. The largest absolute Gasteiger partial charge is 0.512 e. The van der Waals surface area contributed by atoms with Gasteiger partial charge in [-0.15, -0.1) is 0 Å². The van der Waals surface area contributed by atoms with Gasteiger partial charge in [0.25, 0.3) is 0 Å². The number of hydrogen-bond donors (Lipinski definition) is 0. The van der Waals surface area contributed by atoms with Crippen LogP contribution < -0.4 is 10.2 Å². The van der Waals surface area contributed by atoms with Crippen LogP contribution in [0.15, 0.2) is 18.2 Å². The lowest BCUT2D eigenvalue weighted by molar-refractivity contribution is 0.222. The summed E-state index contributed by atoms with van der Waals surface area (Å²) in [4.78, 5) is 2.10. The van der Waals surface area contributed by atoms with E-state index in [9.17, 15) is 17.3 Å². The zero-order valence-corrected chi connectivity index (χ0v) is 11.0. The van der Waals surface area contributed by atoms with Crippen molar-refractivity contribution in [1.29, 1.82) is 0 Å². The maximum Gasteiger partial charge on any atom is 0.512 e. The molecule has 0 aromatic heterocycles. The quantitative estimate of drug-likeness (QED) is 0.561. The van der Waals surface area contributed by atoms with Crippen LogP contribution >= 0.6 is 0 Å². The fourth-order valence-electron chi connectivity index (χ4n) is 1.70. The number of ether oxygens (including phenoxy) is 1. The molecule has 2 nitrogen and oxygen atoms in total. The topological polar surface area (TPSA) is 12.5 Å². The van der Waals surface area contributed by atoms with Gasteiger partial charge in [0.05, 0.1) is 5.82 Å². The number of likely N-dealkylation sites (N-methyl/N-ethyl adjacent to an activating group) is 1. The van der Waals surface area contributed by atoms with Crippen molar-refractivity contribution >= 4 is 12.4 Å². The van der Waals surface area contributed by atoms with Crippen molar-refractivity contribution < 1.29 is 22.1 Å². The third kappa shape index (κ3) is 4.74. The molecule has 19 heavy (non-hydrogen) atoms. The highest BCUT2D eigenvalue weighted by Gasteiger charge is 2.28. The van der Waals surface area contributed by atoms with Crippen molar-refractivity contribution in [2.45, 2.75) is 13.8 Å². The minimum atomic E-state index is -5.32. The first-order valence-corrected chi connectivity index (χ1v) is 6.23. The minimum Gasteiger partial charge on any atom is -0.492 e. The molecule has 0 N–H and O–H groups in total. The summed E-state index contributed by atoms with van der Waals surface area (Å²) in [6.45, 7) is 1.39.